The van der Waals surface area contributed by atoms with Crippen LogP contribution in [-0.4, -0.2) is 18.1 Å². The molecule has 1 aromatic heterocycles. The molecule has 2 heterocycles. The van der Waals surface area contributed by atoms with Gasteiger partial charge in [0.25, 0.3) is 0 Å². The Kier molecular flexibility index (Phi) is 2.78. The van der Waals surface area contributed by atoms with Gasteiger partial charge in [0, 0.05) is 36.6 Å². The summed E-state index contributed by atoms with van der Waals surface area (Å²) >= 11 is 0. The minimum Gasteiger partial charge on any atom is -0.372 e. The first kappa shape index (κ1) is 10.3. The van der Waals surface area contributed by atoms with Crippen LogP contribution in [0.1, 0.15) is 12.8 Å². The molecule has 0 N–H and O–H groups in total. The van der Waals surface area contributed by atoms with Gasteiger partial charge in [0.2, 0.25) is 0 Å². The van der Waals surface area contributed by atoms with Crippen molar-refractivity contribution in [1.82, 2.24) is 4.98 Å². The number of hydrogen-bond acceptors (Lipinski definition) is 2. The van der Waals surface area contributed by atoms with Crippen LogP contribution >= 0.6 is 0 Å². The highest BCUT2D eigenvalue weighted by Crippen LogP contribution is 2.23. The van der Waals surface area contributed by atoms with Crippen molar-refractivity contribution in [3.8, 4) is 11.3 Å². The molecular formula is C15H15N2. The molecule has 17 heavy (non-hydrogen) atoms. The molecule has 1 radical (unpaired) electrons. The Morgan fingerprint density at radius 2 is 1.76 bits per heavy atom. The van der Waals surface area contributed by atoms with E-state index < -0.39 is 0 Å². The Labute approximate surface area is 102 Å². The maximum absolute atomic E-state index is 4.31. The average Bonchev–Trinajstić information content (AvgIpc) is 2.94. The van der Waals surface area contributed by atoms with Gasteiger partial charge >= 0.3 is 0 Å². The summed E-state index contributed by atoms with van der Waals surface area (Å²) in [7, 11) is 0. The lowest BCUT2D eigenvalue weighted by molar-refractivity contribution is 0.949. The van der Waals surface area contributed by atoms with Crippen molar-refractivity contribution in [2.45, 2.75) is 12.8 Å². The molecule has 0 unspecified atom stereocenters. The van der Waals surface area contributed by atoms with Gasteiger partial charge in [-0.05, 0) is 31.0 Å². The molecule has 1 fully saturated rings. The van der Waals surface area contributed by atoms with Gasteiger partial charge in [0.15, 0.2) is 0 Å². The van der Waals surface area contributed by atoms with Gasteiger partial charge in [-0.25, -0.2) is 0 Å². The highest BCUT2D eigenvalue weighted by molar-refractivity contribution is 5.63. The van der Waals surface area contributed by atoms with Gasteiger partial charge in [0.1, 0.15) is 0 Å². The van der Waals surface area contributed by atoms with E-state index in [4.69, 9.17) is 0 Å². The van der Waals surface area contributed by atoms with Gasteiger partial charge in [-0.15, -0.1) is 0 Å². The molecule has 2 heteroatoms. The summed E-state index contributed by atoms with van der Waals surface area (Å²) < 4.78 is 0. The molecule has 1 saturated heterocycles. The number of aromatic nitrogens is 1. The molecule has 1 aliphatic rings. The summed E-state index contributed by atoms with van der Waals surface area (Å²) in [5.41, 5.74) is 3.51. The zero-order valence-corrected chi connectivity index (χ0v) is 9.76. The van der Waals surface area contributed by atoms with E-state index in [9.17, 15) is 0 Å². The molecule has 0 spiro atoms. The van der Waals surface area contributed by atoms with Gasteiger partial charge in [-0.1, -0.05) is 18.2 Å². The first-order valence-electron chi connectivity index (χ1n) is 6.11. The van der Waals surface area contributed by atoms with Crippen LogP contribution in [0.3, 0.4) is 0 Å². The lowest BCUT2D eigenvalue weighted by Crippen LogP contribution is -2.17. The van der Waals surface area contributed by atoms with E-state index in [0.29, 0.717) is 0 Å². The van der Waals surface area contributed by atoms with Crippen molar-refractivity contribution in [2.75, 3.05) is 18.0 Å². The molecule has 2 aromatic rings. The van der Waals surface area contributed by atoms with Gasteiger partial charge in [0.05, 0.1) is 5.69 Å². The van der Waals surface area contributed by atoms with Crippen LogP contribution in [0.25, 0.3) is 11.3 Å². The Bertz CT molecular complexity index is 470. The molecule has 3 rings (SSSR count). The van der Waals surface area contributed by atoms with Crippen molar-refractivity contribution >= 4 is 5.69 Å². The molecule has 0 saturated carbocycles. The van der Waals surface area contributed by atoms with Crippen LogP contribution < -0.4 is 4.90 Å². The Morgan fingerprint density at radius 1 is 1.00 bits per heavy atom. The molecule has 0 atom stereocenters. The molecule has 0 amide bonds. The van der Waals surface area contributed by atoms with Gasteiger partial charge < -0.3 is 4.90 Å². The summed E-state index contributed by atoms with van der Waals surface area (Å²) in [5, 5.41) is 0. The number of pyridine rings is 1. The van der Waals surface area contributed by atoms with E-state index in [1.165, 1.54) is 37.2 Å². The van der Waals surface area contributed by atoms with Gasteiger partial charge in [-0.2, -0.15) is 0 Å². The molecule has 1 aromatic carbocycles. The summed E-state index contributed by atoms with van der Waals surface area (Å²) in [6.07, 6.45) is 4.35. The van der Waals surface area contributed by atoms with Crippen LogP contribution in [0, 0.1) is 6.07 Å². The first-order valence-corrected chi connectivity index (χ1v) is 6.11. The molecule has 0 bridgehead atoms. The van der Waals surface area contributed by atoms with E-state index in [1.54, 1.807) is 6.20 Å². The second-order valence-corrected chi connectivity index (χ2v) is 4.38. The Morgan fingerprint density at radius 3 is 2.41 bits per heavy atom. The molecule has 2 nitrogen and oxygen atoms in total. The average molecular weight is 223 g/mol. The topological polar surface area (TPSA) is 16.1 Å². The standard InChI is InChI=1S/C15H15N2/c1-2-10-16-15(5-1)13-6-8-14(9-7-13)17-11-3-4-12-17/h1,5-10H,3-4,11-12H2. The maximum atomic E-state index is 4.31. The highest BCUT2D eigenvalue weighted by atomic mass is 15.1. The number of benzene rings is 1. The summed E-state index contributed by atoms with van der Waals surface area (Å²) in [5.74, 6) is 0. The molecule has 0 aliphatic carbocycles. The van der Waals surface area contributed by atoms with Crippen molar-refractivity contribution in [2.24, 2.45) is 0 Å². The minimum atomic E-state index is 1.01. The quantitative estimate of drug-likeness (QED) is 0.777. The largest absolute Gasteiger partial charge is 0.372 e. The lowest BCUT2D eigenvalue weighted by Gasteiger charge is -2.17. The maximum Gasteiger partial charge on any atom is 0.0702 e. The van der Waals surface area contributed by atoms with E-state index in [2.05, 4.69) is 40.2 Å². The van der Waals surface area contributed by atoms with Crippen molar-refractivity contribution < 1.29 is 0 Å². The second kappa shape index (κ2) is 4.58. The second-order valence-electron chi connectivity index (χ2n) is 4.38. The van der Waals surface area contributed by atoms with Crippen LogP contribution in [-0.2, 0) is 0 Å². The fourth-order valence-corrected chi connectivity index (χ4v) is 2.31. The van der Waals surface area contributed by atoms with E-state index in [0.717, 1.165) is 5.69 Å². The van der Waals surface area contributed by atoms with Crippen molar-refractivity contribution in [3.63, 3.8) is 0 Å². The number of anilines is 1. The highest BCUT2D eigenvalue weighted by Gasteiger charge is 2.11. The zero-order chi connectivity index (χ0) is 11.5. The fourth-order valence-electron chi connectivity index (χ4n) is 2.31. The number of hydrogen-bond donors (Lipinski definition) is 0. The third-order valence-electron chi connectivity index (χ3n) is 3.25. The first-order chi connectivity index (χ1) is 8.43. The smallest absolute Gasteiger partial charge is 0.0702 e. The molecule has 85 valence electrons. The summed E-state index contributed by atoms with van der Waals surface area (Å²) in [6, 6.07) is 15.5. The van der Waals surface area contributed by atoms with Crippen molar-refractivity contribution in [3.05, 3.63) is 48.7 Å². The predicted molar refractivity (Wildman–Crippen MR) is 70.0 cm³/mol. The van der Waals surface area contributed by atoms with Crippen LogP contribution in [0.4, 0.5) is 5.69 Å². The van der Waals surface area contributed by atoms with Crippen molar-refractivity contribution in [1.29, 1.82) is 0 Å². The fraction of sp³-hybridized carbons (Fsp3) is 0.267. The summed E-state index contributed by atoms with van der Waals surface area (Å²) in [6.45, 7) is 2.38. The summed E-state index contributed by atoms with van der Waals surface area (Å²) in [4.78, 5) is 6.75. The van der Waals surface area contributed by atoms with E-state index in [1.807, 2.05) is 12.1 Å². The monoisotopic (exact) mass is 223 g/mol. The van der Waals surface area contributed by atoms with E-state index in [-0.39, 0.29) is 0 Å². The minimum absolute atomic E-state index is 1.01. The SMILES string of the molecule is [c]1ccc(-c2ccc(N3CCCC3)cc2)nc1. The zero-order valence-electron chi connectivity index (χ0n) is 9.76. The normalized spacial score (nSPS) is 15.2. The molecule has 1 aliphatic heterocycles. The third kappa shape index (κ3) is 2.16. The predicted octanol–water partition coefficient (Wildman–Crippen LogP) is 3.15. The van der Waals surface area contributed by atoms with E-state index >= 15 is 0 Å². The van der Waals surface area contributed by atoms with Crippen LogP contribution in [0.5, 0.6) is 0 Å². The van der Waals surface area contributed by atoms with Gasteiger partial charge in [-0.3, -0.25) is 4.98 Å². The third-order valence-corrected chi connectivity index (χ3v) is 3.25. The van der Waals surface area contributed by atoms with Crippen LogP contribution in [0.2, 0.25) is 0 Å². The van der Waals surface area contributed by atoms with Crippen LogP contribution in [0.15, 0.2) is 42.6 Å². The molecular weight excluding hydrogens is 208 g/mol. The number of rotatable bonds is 2. The lowest BCUT2D eigenvalue weighted by atomic mass is 10.1. The number of nitrogens with zero attached hydrogens (tertiary/aromatic N) is 2. The Balaban J connectivity index is 1.85. The Hall–Kier alpha value is -1.83.